The Balaban J connectivity index is 2.90. The number of carboxylic acids is 1. The van der Waals surface area contributed by atoms with Gasteiger partial charge < -0.3 is 15.6 Å². The summed E-state index contributed by atoms with van der Waals surface area (Å²) < 4.78 is 6.15. The van der Waals surface area contributed by atoms with Crippen molar-refractivity contribution >= 4 is 21.9 Å². The Morgan fingerprint density at radius 2 is 2.24 bits per heavy atom. The normalized spacial score (nSPS) is 12.2. The Bertz CT molecular complexity index is 420. The molecule has 1 rings (SSSR count). The van der Waals surface area contributed by atoms with Crippen LogP contribution in [0.1, 0.15) is 30.0 Å². The summed E-state index contributed by atoms with van der Waals surface area (Å²) in [6.07, 6.45) is 0.475. The van der Waals surface area contributed by atoms with E-state index >= 15 is 0 Å². The molecule has 1 atom stereocenters. The molecule has 1 unspecified atom stereocenters. The third kappa shape index (κ3) is 3.71. The molecule has 0 bridgehead atoms. The van der Waals surface area contributed by atoms with Gasteiger partial charge in [-0.2, -0.15) is 0 Å². The number of ether oxygens (including phenoxy) is 1. The van der Waals surface area contributed by atoms with Gasteiger partial charge >= 0.3 is 5.97 Å². The van der Waals surface area contributed by atoms with Gasteiger partial charge in [0.15, 0.2) is 0 Å². The minimum Gasteiger partial charge on any atom is -0.496 e. The van der Waals surface area contributed by atoms with Crippen LogP contribution in [-0.4, -0.2) is 18.2 Å². The van der Waals surface area contributed by atoms with E-state index in [-0.39, 0.29) is 12.5 Å². The van der Waals surface area contributed by atoms with Crippen LogP contribution in [0.15, 0.2) is 16.6 Å². The smallest absolute Gasteiger partial charge is 0.303 e. The highest BCUT2D eigenvalue weighted by Gasteiger charge is 2.12. The highest BCUT2D eigenvalue weighted by atomic mass is 79.9. The number of aliphatic carboxylic acids is 1. The third-order valence-corrected chi connectivity index (χ3v) is 3.46. The summed E-state index contributed by atoms with van der Waals surface area (Å²) in [6.45, 7) is 1.94. The summed E-state index contributed by atoms with van der Waals surface area (Å²) in [5.74, 6) is -0.0845. The first-order chi connectivity index (χ1) is 7.95. The molecule has 3 N–H and O–H groups in total. The molecular weight excluding hydrogens is 286 g/mol. The van der Waals surface area contributed by atoms with E-state index in [1.54, 1.807) is 7.11 Å². The minimum atomic E-state index is -0.835. The average molecular weight is 302 g/mol. The first-order valence-corrected chi connectivity index (χ1v) is 6.06. The fourth-order valence-electron chi connectivity index (χ4n) is 1.55. The predicted molar refractivity (Wildman–Crippen MR) is 69.2 cm³/mol. The number of carbonyl (C=O) groups is 1. The van der Waals surface area contributed by atoms with Crippen LogP contribution in [0.5, 0.6) is 5.75 Å². The molecule has 0 amide bonds. The molecule has 0 heterocycles. The summed E-state index contributed by atoms with van der Waals surface area (Å²) in [7, 11) is 1.60. The van der Waals surface area contributed by atoms with Gasteiger partial charge in [-0.15, -0.1) is 0 Å². The maximum Gasteiger partial charge on any atom is 0.303 e. The van der Waals surface area contributed by atoms with E-state index in [2.05, 4.69) is 15.9 Å². The van der Waals surface area contributed by atoms with Crippen LogP contribution in [0.2, 0.25) is 0 Å². The second kappa shape index (κ2) is 6.02. The zero-order valence-electron chi connectivity index (χ0n) is 9.87. The second-order valence-corrected chi connectivity index (χ2v) is 4.72. The van der Waals surface area contributed by atoms with Gasteiger partial charge in [-0.1, -0.05) is 15.9 Å². The van der Waals surface area contributed by atoms with Crippen molar-refractivity contribution in [2.24, 2.45) is 5.73 Å². The van der Waals surface area contributed by atoms with Gasteiger partial charge in [0.2, 0.25) is 0 Å². The first kappa shape index (κ1) is 14.0. The molecule has 1 aromatic rings. The number of hydrogen-bond donors (Lipinski definition) is 2. The Morgan fingerprint density at radius 3 is 2.76 bits per heavy atom. The summed E-state index contributed by atoms with van der Waals surface area (Å²) in [5.41, 5.74) is 7.82. The van der Waals surface area contributed by atoms with Crippen molar-refractivity contribution in [2.75, 3.05) is 7.11 Å². The quantitative estimate of drug-likeness (QED) is 0.877. The summed E-state index contributed by atoms with van der Waals surface area (Å²) in [4.78, 5) is 10.5. The molecule has 0 aromatic heterocycles. The van der Waals surface area contributed by atoms with E-state index in [1.165, 1.54) is 0 Å². The van der Waals surface area contributed by atoms with E-state index < -0.39 is 5.97 Å². The summed E-state index contributed by atoms with van der Waals surface area (Å²) in [6, 6.07) is 3.47. The van der Waals surface area contributed by atoms with Gasteiger partial charge in [0, 0.05) is 22.5 Å². The number of nitrogens with two attached hydrogens (primary N) is 1. The predicted octanol–water partition coefficient (Wildman–Crippen LogP) is 2.63. The largest absolute Gasteiger partial charge is 0.496 e. The maximum absolute atomic E-state index is 10.5. The fraction of sp³-hybridized carbons (Fsp3) is 0.417. The molecule has 0 radical (unpaired) electrons. The molecule has 17 heavy (non-hydrogen) atoms. The summed E-state index contributed by atoms with van der Waals surface area (Å²) in [5, 5.41) is 8.62. The van der Waals surface area contributed by atoms with Gasteiger partial charge in [0.05, 0.1) is 7.11 Å². The number of rotatable bonds is 5. The molecule has 0 aliphatic heterocycles. The van der Waals surface area contributed by atoms with Crippen LogP contribution in [0.25, 0.3) is 0 Å². The van der Waals surface area contributed by atoms with Gasteiger partial charge in [0.1, 0.15) is 5.75 Å². The molecule has 4 nitrogen and oxygen atoms in total. The van der Waals surface area contributed by atoms with Crippen LogP contribution >= 0.6 is 15.9 Å². The minimum absolute atomic E-state index is 0.0645. The maximum atomic E-state index is 10.5. The molecular formula is C12H16BrNO3. The standard InChI is InChI=1S/C12H16BrNO3/c1-7-9(13)5-8(6-11(7)17-2)10(14)3-4-12(15)16/h5-6,10H,3-4,14H2,1-2H3,(H,15,16). The van der Waals surface area contributed by atoms with E-state index in [9.17, 15) is 4.79 Å². The zero-order chi connectivity index (χ0) is 13.0. The van der Waals surface area contributed by atoms with Crippen molar-refractivity contribution in [2.45, 2.75) is 25.8 Å². The van der Waals surface area contributed by atoms with Crippen LogP contribution in [0.3, 0.4) is 0 Å². The monoisotopic (exact) mass is 301 g/mol. The summed E-state index contributed by atoms with van der Waals surface area (Å²) >= 11 is 3.43. The molecule has 1 aromatic carbocycles. The van der Waals surface area contributed by atoms with E-state index in [4.69, 9.17) is 15.6 Å². The van der Waals surface area contributed by atoms with E-state index in [1.807, 2.05) is 19.1 Å². The van der Waals surface area contributed by atoms with E-state index in [0.29, 0.717) is 6.42 Å². The van der Waals surface area contributed by atoms with Crippen molar-refractivity contribution in [3.05, 3.63) is 27.7 Å². The Hall–Kier alpha value is -1.07. The molecule has 0 saturated heterocycles. The molecule has 5 heteroatoms. The van der Waals surface area contributed by atoms with Crippen LogP contribution < -0.4 is 10.5 Å². The van der Waals surface area contributed by atoms with Crippen molar-refractivity contribution in [1.29, 1.82) is 0 Å². The van der Waals surface area contributed by atoms with Crippen LogP contribution in [0.4, 0.5) is 0 Å². The molecule has 0 fully saturated rings. The lowest BCUT2D eigenvalue weighted by Gasteiger charge is -2.15. The molecule has 0 saturated carbocycles. The lowest BCUT2D eigenvalue weighted by Crippen LogP contribution is -2.12. The van der Waals surface area contributed by atoms with Gasteiger partial charge in [-0.05, 0) is 31.0 Å². The Labute approximate surface area is 109 Å². The lowest BCUT2D eigenvalue weighted by molar-refractivity contribution is -0.137. The second-order valence-electron chi connectivity index (χ2n) is 3.87. The van der Waals surface area contributed by atoms with Gasteiger partial charge in [-0.3, -0.25) is 4.79 Å². The van der Waals surface area contributed by atoms with Crippen molar-refractivity contribution in [1.82, 2.24) is 0 Å². The third-order valence-electron chi connectivity index (χ3n) is 2.64. The topological polar surface area (TPSA) is 72.5 Å². The van der Waals surface area contributed by atoms with Crippen LogP contribution in [-0.2, 0) is 4.79 Å². The van der Waals surface area contributed by atoms with E-state index in [0.717, 1.165) is 21.3 Å². The van der Waals surface area contributed by atoms with Gasteiger partial charge in [-0.25, -0.2) is 0 Å². The van der Waals surface area contributed by atoms with Crippen molar-refractivity contribution in [3.63, 3.8) is 0 Å². The number of methoxy groups -OCH3 is 1. The Morgan fingerprint density at radius 1 is 1.59 bits per heavy atom. The number of hydrogen-bond acceptors (Lipinski definition) is 3. The highest BCUT2D eigenvalue weighted by Crippen LogP contribution is 2.30. The zero-order valence-corrected chi connectivity index (χ0v) is 11.5. The SMILES string of the molecule is COc1cc(C(N)CCC(=O)O)cc(Br)c1C. The lowest BCUT2D eigenvalue weighted by atomic mass is 10.0. The average Bonchev–Trinajstić information content (AvgIpc) is 2.29. The molecule has 0 spiro atoms. The van der Waals surface area contributed by atoms with Crippen LogP contribution in [0, 0.1) is 6.92 Å². The number of benzene rings is 1. The van der Waals surface area contributed by atoms with Crippen molar-refractivity contribution in [3.8, 4) is 5.75 Å². The first-order valence-electron chi connectivity index (χ1n) is 5.27. The Kier molecular flexibility index (Phi) is 4.96. The molecule has 0 aliphatic rings. The van der Waals surface area contributed by atoms with Gasteiger partial charge in [0.25, 0.3) is 0 Å². The number of carboxylic acid groups (broad SMARTS) is 1. The fourth-order valence-corrected chi connectivity index (χ4v) is 2.01. The van der Waals surface area contributed by atoms with Crippen molar-refractivity contribution < 1.29 is 14.6 Å². The highest BCUT2D eigenvalue weighted by molar-refractivity contribution is 9.10. The molecule has 0 aliphatic carbocycles. The molecule has 94 valence electrons. The number of halogens is 1.